The molecule has 8 nitrogen and oxygen atoms in total. The molecule has 2 rings (SSSR count). The van der Waals surface area contributed by atoms with Crippen LogP contribution in [0.5, 0.6) is 0 Å². The van der Waals surface area contributed by atoms with E-state index in [4.69, 9.17) is 9.84 Å². The lowest BCUT2D eigenvalue weighted by molar-refractivity contribution is -0.385. The minimum absolute atomic E-state index is 0.0102. The van der Waals surface area contributed by atoms with Gasteiger partial charge in [-0.25, -0.2) is 9.78 Å². The van der Waals surface area contributed by atoms with E-state index in [9.17, 15) is 14.9 Å². The number of carboxylic acid groups (broad SMARTS) is 1. The minimum atomic E-state index is -1.34. The number of carbonyl (C=O) groups is 1. The number of rotatable bonds is 3. The molecule has 1 saturated heterocycles. The maximum absolute atomic E-state index is 11.1. The van der Waals surface area contributed by atoms with E-state index in [1.54, 1.807) is 0 Å². The zero-order chi connectivity index (χ0) is 14.9. The highest BCUT2D eigenvalue weighted by atomic mass is 16.6. The summed E-state index contributed by atoms with van der Waals surface area (Å²) < 4.78 is 5.58. The summed E-state index contributed by atoms with van der Waals surface area (Å²) in [4.78, 5) is 27.0. The molecule has 0 bridgehead atoms. The number of carboxylic acids is 1. The van der Waals surface area contributed by atoms with Gasteiger partial charge in [0.25, 0.3) is 0 Å². The first-order chi connectivity index (χ1) is 9.38. The van der Waals surface area contributed by atoms with Crippen LogP contribution >= 0.6 is 0 Å². The first-order valence-electron chi connectivity index (χ1n) is 6.16. The number of morpholine rings is 1. The van der Waals surface area contributed by atoms with E-state index in [1.807, 2.05) is 18.7 Å². The molecule has 1 N–H and O–H groups in total. The molecule has 1 aromatic rings. The number of hydrogen-bond acceptors (Lipinski definition) is 6. The number of nitro groups is 1. The molecule has 0 aliphatic carbocycles. The van der Waals surface area contributed by atoms with Crippen molar-refractivity contribution < 1.29 is 19.6 Å². The Morgan fingerprint density at radius 2 is 2.10 bits per heavy atom. The molecule has 20 heavy (non-hydrogen) atoms. The molecule has 2 heterocycles. The highest BCUT2D eigenvalue weighted by Crippen LogP contribution is 2.24. The lowest BCUT2D eigenvalue weighted by Crippen LogP contribution is -2.45. The molecule has 108 valence electrons. The Kier molecular flexibility index (Phi) is 3.84. The van der Waals surface area contributed by atoms with E-state index < -0.39 is 16.6 Å². The van der Waals surface area contributed by atoms with Gasteiger partial charge in [-0.1, -0.05) is 0 Å². The van der Waals surface area contributed by atoms with E-state index in [-0.39, 0.29) is 17.8 Å². The normalized spacial score (nSPS) is 22.6. The van der Waals surface area contributed by atoms with Crippen molar-refractivity contribution in [2.45, 2.75) is 26.1 Å². The van der Waals surface area contributed by atoms with Crippen molar-refractivity contribution in [1.82, 2.24) is 4.98 Å². The van der Waals surface area contributed by atoms with Crippen molar-refractivity contribution in [2.75, 3.05) is 18.0 Å². The lowest BCUT2D eigenvalue weighted by atomic mass is 10.2. The maximum Gasteiger partial charge on any atom is 0.342 e. The van der Waals surface area contributed by atoms with Crippen LogP contribution in [0.4, 0.5) is 11.5 Å². The molecule has 2 unspecified atom stereocenters. The number of aromatic nitrogens is 1. The van der Waals surface area contributed by atoms with Crippen molar-refractivity contribution in [3.63, 3.8) is 0 Å². The molecule has 0 aromatic carbocycles. The highest BCUT2D eigenvalue weighted by Gasteiger charge is 2.27. The van der Waals surface area contributed by atoms with Crippen molar-refractivity contribution in [3.05, 3.63) is 27.9 Å². The topological polar surface area (TPSA) is 106 Å². The molecule has 1 aliphatic rings. The third-order valence-electron chi connectivity index (χ3n) is 3.04. The number of ether oxygens (including phenoxy) is 1. The maximum atomic E-state index is 11.1. The highest BCUT2D eigenvalue weighted by molar-refractivity contribution is 5.93. The molecule has 0 radical (unpaired) electrons. The summed E-state index contributed by atoms with van der Waals surface area (Å²) in [5.74, 6) is -0.926. The minimum Gasteiger partial charge on any atom is -0.477 e. The predicted molar refractivity (Wildman–Crippen MR) is 70.1 cm³/mol. The Morgan fingerprint density at radius 3 is 2.60 bits per heavy atom. The molecular weight excluding hydrogens is 266 g/mol. The van der Waals surface area contributed by atoms with Gasteiger partial charge in [-0.05, 0) is 13.8 Å². The van der Waals surface area contributed by atoms with E-state index in [2.05, 4.69) is 4.98 Å². The van der Waals surface area contributed by atoms with Gasteiger partial charge in [0.2, 0.25) is 0 Å². The second-order valence-electron chi connectivity index (χ2n) is 4.78. The number of anilines is 1. The Morgan fingerprint density at radius 1 is 1.50 bits per heavy atom. The predicted octanol–water partition coefficient (Wildman–Crippen LogP) is 1.30. The van der Waals surface area contributed by atoms with Gasteiger partial charge in [0, 0.05) is 19.2 Å². The Bertz CT molecular complexity index is 538. The molecule has 8 heteroatoms. The Hall–Kier alpha value is -2.22. The van der Waals surface area contributed by atoms with Gasteiger partial charge in [-0.2, -0.15) is 0 Å². The smallest absolute Gasteiger partial charge is 0.342 e. The third-order valence-corrected chi connectivity index (χ3v) is 3.04. The van der Waals surface area contributed by atoms with Gasteiger partial charge < -0.3 is 14.7 Å². The molecule has 1 aliphatic heterocycles. The molecule has 0 saturated carbocycles. The summed E-state index contributed by atoms with van der Waals surface area (Å²) in [5, 5.41) is 19.9. The average Bonchev–Trinajstić information content (AvgIpc) is 2.36. The standard InChI is InChI=1S/C12H15N3O5/c1-7-5-14(6-8(2)20-7)11-3-9(12(16)17)10(4-13-11)15(18)19/h3-4,7-8H,5-6H2,1-2H3,(H,16,17). The quantitative estimate of drug-likeness (QED) is 0.657. The fourth-order valence-electron chi connectivity index (χ4n) is 2.29. The van der Waals surface area contributed by atoms with Gasteiger partial charge in [0.1, 0.15) is 17.6 Å². The number of hydrogen-bond donors (Lipinski definition) is 1. The molecule has 2 atom stereocenters. The number of aromatic carboxylic acids is 1. The van der Waals surface area contributed by atoms with Crippen molar-refractivity contribution in [1.29, 1.82) is 0 Å². The van der Waals surface area contributed by atoms with Crippen LogP contribution in [0.25, 0.3) is 0 Å². The molecule has 0 amide bonds. The SMILES string of the molecule is CC1CN(c2cc(C(=O)O)c([N+](=O)[O-])cn2)CC(C)O1. The average molecular weight is 281 g/mol. The third kappa shape index (κ3) is 2.85. The summed E-state index contributed by atoms with van der Waals surface area (Å²) in [5.41, 5.74) is -0.859. The molecule has 0 spiro atoms. The van der Waals surface area contributed by atoms with Gasteiger partial charge in [-0.3, -0.25) is 10.1 Å². The second-order valence-corrected chi connectivity index (χ2v) is 4.78. The Balaban J connectivity index is 2.36. The zero-order valence-corrected chi connectivity index (χ0v) is 11.1. The first-order valence-corrected chi connectivity index (χ1v) is 6.16. The summed E-state index contributed by atoms with van der Waals surface area (Å²) in [7, 11) is 0. The van der Waals surface area contributed by atoms with Crippen molar-refractivity contribution in [2.24, 2.45) is 0 Å². The van der Waals surface area contributed by atoms with E-state index >= 15 is 0 Å². The van der Waals surface area contributed by atoms with E-state index in [0.717, 1.165) is 6.20 Å². The first kappa shape index (κ1) is 14.2. The van der Waals surface area contributed by atoms with Crippen LogP contribution in [0.2, 0.25) is 0 Å². The van der Waals surface area contributed by atoms with Crippen LogP contribution in [0.15, 0.2) is 12.3 Å². The molecule has 1 aromatic heterocycles. The lowest BCUT2D eigenvalue weighted by Gasteiger charge is -2.36. The molecular formula is C12H15N3O5. The van der Waals surface area contributed by atoms with Crippen LogP contribution in [0, 0.1) is 10.1 Å². The summed E-state index contributed by atoms with van der Waals surface area (Å²) in [6.07, 6.45) is 0.969. The largest absolute Gasteiger partial charge is 0.477 e. The van der Waals surface area contributed by atoms with Crippen LogP contribution in [0.1, 0.15) is 24.2 Å². The van der Waals surface area contributed by atoms with Crippen molar-refractivity contribution in [3.8, 4) is 0 Å². The number of pyridine rings is 1. The zero-order valence-electron chi connectivity index (χ0n) is 11.1. The summed E-state index contributed by atoms with van der Waals surface area (Å²) in [6, 6.07) is 1.24. The van der Waals surface area contributed by atoms with Gasteiger partial charge in [-0.15, -0.1) is 0 Å². The Labute approximate surface area is 115 Å². The fourth-order valence-corrected chi connectivity index (χ4v) is 2.29. The van der Waals surface area contributed by atoms with Gasteiger partial charge in [0.05, 0.1) is 17.1 Å². The van der Waals surface area contributed by atoms with Crippen LogP contribution in [-0.4, -0.2) is 46.3 Å². The van der Waals surface area contributed by atoms with Crippen LogP contribution in [0.3, 0.4) is 0 Å². The summed E-state index contributed by atoms with van der Waals surface area (Å²) in [6.45, 7) is 4.95. The van der Waals surface area contributed by atoms with Crippen molar-refractivity contribution >= 4 is 17.5 Å². The second kappa shape index (κ2) is 5.41. The van der Waals surface area contributed by atoms with E-state index in [1.165, 1.54) is 6.07 Å². The molecule has 1 fully saturated rings. The van der Waals surface area contributed by atoms with Gasteiger partial charge >= 0.3 is 11.7 Å². The summed E-state index contributed by atoms with van der Waals surface area (Å²) >= 11 is 0. The van der Waals surface area contributed by atoms with Gasteiger partial charge in [0.15, 0.2) is 0 Å². The monoisotopic (exact) mass is 281 g/mol. The van der Waals surface area contributed by atoms with Crippen LogP contribution in [-0.2, 0) is 4.74 Å². The number of nitrogens with zero attached hydrogens (tertiary/aromatic N) is 3. The van der Waals surface area contributed by atoms with E-state index in [0.29, 0.717) is 18.9 Å². The van der Waals surface area contributed by atoms with Crippen LogP contribution < -0.4 is 4.90 Å². The fraction of sp³-hybridized carbons (Fsp3) is 0.500.